The Bertz CT molecular complexity index is 415. The Morgan fingerprint density at radius 3 is 2.59 bits per heavy atom. The van der Waals surface area contributed by atoms with Gasteiger partial charge in [-0.05, 0) is 12.5 Å². The minimum absolute atomic E-state index is 0.0856. The number of esters is 1. The van der Waals surface area contributed by atoms with Crippen LogP contribution in [0, 0.1) is 5.92 Å². The maximum absolute atomic E-state index is 11.5. The van der Waals surface area contributed by atoms with Crippen LogP contribution in [0.15, 0.2) is 24.3 Å². The van der Waals surface area contributed by atoms with Crippen molar-refractivity contribution in [2.24, 2.45) is 11.7 Å². The van der Waals surface area contributed by atoms with Crippen LogP contribution in [0.4, 0.5) is 0 Å². The summed E-state index contributed by atoms with van der Waals surface area (Å²) in [4.78, 5) is 22.6. The fourth-order valence-corrected chi connectivity index (χ4v) is 1.34. The average Bonchev–Trinajstić information content (AvgIpc) is 2.35. The summed E-state index contributed by atoms with van der Waals surface area (Å²) in [6.07, 6.45) is 0.732. The largest absolute Gasteiger partial charge is 0.461 e. The van der Waals surface area contributed by atoms with Gasteiger partial charge < -0.3 is 10.5 Å². The molecule has 0 fully saturated rings. The number of amides is 1. The summed E-state index contributed by atoms with van der Waals surface area (Å²) in [7, 11) is 0. The SMILES string of the molecule is CCC(C)C(=O)OCc1ccccc1C(N)=O. The second-order valence-corrected chi connectivity index (χ2v) is 3.94. The van der Waals surface area contributed by atoms with Gasteiger partial charge in [0.15, 0.2) is 0 Å². The van der Waals surface area contributed by atoms with Crippen LogP contribution in [0.25, 0.3) is 0 Å². The zero-order valence-corrected chi connectivity index (χ0v) is 10.1. The van der Waals surface area contributed by atoms with Crippen molar-refractivity contribution in [1.29, 1.82) is 0 Å². The number of primary amides is 1. The molecule has 0 aliphatic rings. The van der Waals surface area contributed by atoms with Crippen molar-refractivity contribution in [3.05, 3.63) is 35.4 Å². The van der Waals surface area contributed by atoms with E-state index in [0.29, 0.717) is 11.1 Å². The van der Waals surface area contributed by atoms with Crippen LogP contribution in [0.2, 0.25) is 0 Å². The number of carbonyl (C=O) groups excluding carboxylic acids is 2. The highest BCUT2D eigenvalue weighted by molar-refractivity contribution is 5.94. The van der Waals surface area contributed by atoms with Crippen LogP contribution in [0.3, 0.4) is 0 Å². The summed E-state index contributed by atoms with van der Waals surface area (Å²) in [5.74, 6) is -0.900. The molecule has 1 rings (SSSR count). The molecule has 4 heteroatoms. The van der Waals surface area contributed by atoms with Gasteiger partial charge in [-0.25, -0.2) is 0 Å². The molecule has 0 aromatic heterocycles. The van der Waals surface area contributed by atoms with Gasteiger partial charge in [0, 0.05) is 11.1 Å². The summed E-state index contributed by atoms with van der Waals surface area (Å²) in [5, 5.41) is 0. The molecule has 0 aliphatic heterocycles. The third kappa shape index (κ3) is 3.59. The summed E-state index contributed by atoms with van der Waals surface area (Å²) >= 11 is 0. The first-order valence-electron chi connectivity index (χ1n) is 5.60. The van der Waals surface area contributed by atoms with E-state index in [9.17, 15) is 9.59 Å². The molecule has 0 saturated heterocycles. The number of nitrogens with two attached hydrogens (primary N) is 1. The lowest BCUT2D eigenvalue weighted by Gasteiger charge is -2.10. The molecule has 0 radical (unpaired) electrons. The molecular weight excluding hydrogens is 218 g/mol. The number of hydrogen-bond donors (Lipinski definition) is 1. The number of benzene rings is 1. The minimum Gasteiger partial charge on any atom is -0.461 e. The maximum Gasteiger partial charge on any atom is 0.308 e. The second kappa shape index (κ2) is 6.03. The molecule has 0 spiro atoms. The Hall–Kier alpha value is -1.84. The molecule has 0 bridgehead atoms. The van der Waals surface area contributed by atoms with Gasteiger partial charge in [-0.3, -0.25) is 9.59 Å². The molecule has 17 heavy (non-hydrogen) atoms. The Balaban J connectivity index is 2.69. The highest BCUT2D eigenvalue weighted by atomic mass is 16.5. The van der Waals surface area contributed by atoms with Crippen molar-refractivity contribution >= 4 is 11.9 Å². The molecule has 92 valence electrons. The van der Waals surface area contributed by atoms with Crippen LogP contribution in [0.5, 0.6) is 0 Å². The van der Waals surface area contributed by atoms with E-state index >= 15 is 0 Å². The number of rotatable bonds is 5. The average molecular weight is 235 g/mol. The van der Waals surface area contributed by atoms with Crippen molar-refractivity contribution in [3.63, 3.8) is 0 Å². The van der Waals surface area contributed by atoms with Crippen LogP contribution in [0.1, 0.15) is 36.2 Å². The summed E-state index contributed by atoms with van der Waals surface area (Å²) in [5.41, 5.74) is 6.26. The lowest BCUT2D eigenvalue weighted by atomic mass is 10.1. The van der Waals surface area contributed by atoms with E-state index in [0.717, 1.165) is 6.42 Å². The van der Waals surface area contributed by atoms with Crippen molar-refractivity contribution in [2.75, 3.05) is 0 Å². The third-order valence-electron chi connectivity index (χ3n) is 2.67. The minimum atomic E-state index is -0.514. The van der Waals surface area contributed by atoms with Gasteiger partial charge in [-0.2, -0.15) is 0 Å². The van der Waals surface area contributed by atoms with Gasteiger partial charge in [-0.15, -0.1) is 0 Å². The van der Waals surface area contributed by atoms with E-state index < -0.39 is 5.91 Å². The molecule has 1 unspecified atom stereocenters. The Morgan fingerprint density at radius 1 is 1.35 bits per heavy atom. The molecule has 0 aliphatic carbocycles. The smallest absolute Gasteiger partial charge is 0.308 e. The molecule has 1 amide bonds. The van der Waals surface area contributed by atoms with E-state index in [1.807, 2.05) is 13.8 Å². The topological polar surface area (TPSA) is 69.4 Å². The van der Waals surface area contributed by atoms with E-state index in [4.69, 9.17) is 10.5 Å². The highest BCUT2D eigenvalue weighted by Crippen LogP contribution is 2.11. The summed E-state index contributed by atoms with van der Waals surface area (Å²) in [6, 6.07) is 6.84. The molecule has 1 aromatic rings. The number of hydrogen-bond acceptors (Lipinski definition) is 3. The Morgan fingerprint density at radius 2 is 2.00 bits per heavy atom. The van der Waals surface area contributed by atoms with Gasteiger partial charge in [0.05, 0.1) is 5.92 Å². The van der Waals surface area contributed by atoms with Crippen LogP contribution < -0.4 is 5.73 Å². The summed E-state index contributed by atoms with van der Waals surface area (Å²) < 4.78 is 5.12. The van der Waals surface area contributed by atoms with E-state index in [2.05, 4.69) is 0 Å². The standard InChI is InChI=1S/C13H17NO3/c1-3-9(2)13(16)17-8-10-6-4-5-7-11(10)12(14)15/h4-7,9H,3,8H2,1-2H3,(H2,14,15). The van der Waals surface area contributed by atoms with Crippen molar-refractivity contribution < 1.29 is 14.3 Å². The van der Waals surface area contributed by atoms with Crippen LogP contribution in [-0.4, -0.2) is 11.9 Å². The zero-order valence-electron chi connectivity index (χ0n) is 10.1. The fraction of sp³-hybridized carbons (Fsp3) is 0.385. The third-order valence-corrected chi connectivity index (χ3v) is 2.67. The first-order valence-corrected chi connectivity index (χ1v) is 5.60. The monoisotopic (exact) mass is 235 g/mol. The van der Waals surface area contributed by atoms with E-state index in [1.54, 1.807) is 24.3 Å². The number of ether oxygens (including phenoxy) is 1. The van der Waals surface area contributed by atoms with E-state index in [-0.39, 0.29) is 18.5 Å². The first kappa shape index (κ1) is 13.2. The van der Waals surface area contributed by atoms with Gasteiger partial charge in [0.2, 0.25) is 5.91 Å². The molecule has 1 aromatic carbocycles. The quantitative estimate of drug-likeness (QED) is 0.792. The van der Waals surface area contributed by atoms with Gasteiger partial charge in [0.1, 0.15) is 6.61 Å². The Kier molecular flexibility index (Phi) is 4.69. The zero-order chi connectivity index (χ0) is 12.8. The van der Waals surface area contributed by atoms with Crippen LogP contribution in [-0.2, 0) is 16.1 Å². The first-order chi connectivity index (χ1) is 8.06. The maximum atomic E-state index is 11.5. The fourth-order valence-electron chi connectivity index (χ4n) is 1.34. The molecule has 2 N–H and O–H groups in total. The second-order valence-electron chi connectivity index (χ2n) is 3.94. The molecule has 0 saturated carbocycles. The number of carbonyl (C=O) groups is 2. The van der Waals surface area contributed by atoms with Gasteiger partial charge in [0.25, 0.3) is 0 Å². The predicted molar refractivity (Wildman–Crippen MR) is 64.2 cm³/mol. The molecule has 0 heterocycles. The lowest BCUT2D eigenvalue weighted by molar-refractivity contribution is -0.149. The van der Waals surface area contributed by atoms with Crippen molar-refractivity contribution in [1.82, 2.24) is 0 Å². The molecular formula is C13H17NO3. The van der Waals surface area contributed by atoms with Crippen LogP contribution >= 0.6 is 0 Å². The van der Waals surface area contributed by atoms with Gasteiger partial charge in [-0.1, -0.05) is 32.0 Å². The van der Waals surface area contributed by atoms with Gasteiger partial charge >= 0.3 is 5.97 Å². The lowest BCUT2D eigenvalue weighted by Crippen LogP contribution is -2.17. The molecule has 1 atom stereocenters. The Labute approximate surface area is 101 Å². The molecule has 4 nitrogen and oxygen atoms in total. The van der Waals surface area contributed by atoms with Crippen molar-refractivity contribution in [3.8, 4) is 0 Å². The van der Waals surface area contributed by atoms with Crippen molar-refractivity contribution in [2.45, 2.75) is 26.9 Å². The normalized spacial score (nSPS) is 11.9. The summed E-state index contributed by atoms with van der Waals surface area (Å²) in [6.45, 7) is 3.81. The predicted octanol–water partition coefficient (Wildman–Crippen LogP) is 1.87. The highest BCUT2D eigenvalue weighted by Gasteiger charge is 2.14. The van der Waals surface area contributed by atoms with E-state index in [1.165, 1.54) is 0 Å².